The molecule has 6 heteroatoms. The number of aryl methyl sites for hydroxylation is 1. The SMILES string of the molecule is COCCN1C(=O)/C(=C\c2cc3c(cc2C)N(C)C(C)(C)C=C3C)SC1=Nc1ccccc1. The van der Waals surface area contributed by atoms with Gasteiger partial charge in [0.25, 0.3) is 5.91 Å². The summed E-state index contributed by atoms with van der Waals surface area (Å²) in [4.78, 5) is 22.7. The van der Waals surface area contributed by atoms with Crippen molar-refractivity contribution in [1.29, 1.82) is 0 Å². The van der Waals surface area contributed by atoms with E-state index in [1.165, 1.54) is 28.6 Å². The molecule has 1 saturated heterocycles. The average molecular weight is 462 g/mol. The number of anilines is 1. The smallest absolute Gasteiger partial charge is 0.266 e. The quantitative estimate of drug-likeness (QED) is 0.522. The Hall–Kier alpha value is -2.83. The lowest BCUT2D eigenvalue weighted by molar-refractivity contribution is -0.122. The maximum atomic E-state index is 13.3. The van der Waals surface area contributed by atoms with Crippen LogP contribution in [0.3, 0.4) is 0 Å². The summed E-state index contributed by atoms with van der Waals surface area (Å²) in [6.45, 7) is 9.63. The largest absolute Gasteiger partial charge is 0.383 e. The van der Waals surface area contributed by atoms with Crippen LogP contribution in [-0.2, 0) is 9.53 Å². The highest BCUT2D eigenvalue weighted by atomic mass is 32.2. The fourth-order valence-electron chi connectivity index (χ4n) is 4.20. The number of ether oxygens (including phenoxy) is 1. The molecule has 0 aromatic heterocycles. The number of methoxy groups -OCH3 is 1. The summed E-state index contributed by atoms with van der Waals surface area (Å²) in [5.74, 6) is -0.0330. The van der Waals surface area contributed by atoms with Gasteiger partial charge in [-0.25, -0.2) is 4.99 Å². The highest BCUT2D eigenvalue weighted by Crippen LogP contribution is 2.41. The highest BCUT2D eigenvalue weighted by Gasteiger charge is 2.34. The summed E-state index contributed by atoms with van der Waals surface area (Å²) >= 11 is 1.42. The number of hydrogen-bond acceptors (Lipinski definition) is 5. The fraction of sp³-hybridized carbons (Fsp3) is 0.333. The van der Waals surface area contributed by atoms with Crippen molar-refractivity contribution < 1.29 is 9.53 Å². The molecule has 1 fully saturated rings. The maximum Gasteiger partial charge on any atom is 0.266 e. The second kappa shape index (κ2) is 9.20. The monoisotopic (exact) mass is 461 g/mol. The first kappa shape index (κ1) is 23.3. The molecule has 0 atom stereocenters. The maximum absolute atomic E-state index is 13.3. The third kappa shape index (κ3) is 4.63. The van der Waals surface area contributed by atoms with Crippen molar-refractivity contribution in [3.8, 4) is 0 Å². The Bertz CT molecular complexity index is 1170. The van der Waals surface area contributed by atoms with Gasteiger partial charge in [0, 0.05) is 25.4 Å². The van der Waals surface area contributed by atoms with Crippen LogP contribution in [0.1, 0.15) is 37.5 Å². The Labute approximate surface area is 200 Å². The Morgan fingerprint density at radius 3 is 2.58 bits per heavy atom. The molecule has 0 spiro atoms. The van der Waals surface area contributed by atoms with Gasteiger partial charge in [-0.15, -0.1) is 0 Å². The van der Waals surface area contributed by atoms with Gasteiger partial charge in [-0.3, -0.25) is 9.69 Å². The van der Waals surface area contributed by atoms with Crippen LogP contribution in [0.4, 0.5) is 11.4 Å². The van der Waals surface area contributed by atoms with Crippen molar-refractivity contribution in [2.45, 2.75) is 33.2 Å². The van der Waals surface area contributed by atoms with Crippen molar-refractivity contribution in [2.75, 3.05) is 32.2 Å². The molecule has 0 saturated carbocycles. The van der Waals surface area contributed by atoms with Crippen molar-refractivity contribution in [3.05, 3.63) is 70.1 Å². The van der Waals surface area contributed by atoms with E-state index in [2.05, 4.69) is 57.9 Å². The van der Waals surface area contributed by atoms with E-state index in [9.17, 15) is 4.79 Å². The lowest BCUT2D eigenvalue weighted by atomic mass is 9.87. The van der Waals surface area contributed by atoms with Gasteiger partial charge in [-0.1, -0.05) is 24.3 Å². The van der Waals surface area contributed by atoms with E-state index < -0.39 is 0 Å². The summed E-state index contributed by atoms with van der Waals surface area (Å²) in [5, 5.41) is 0.683. The number of hydrogen-bond donors (Lipinski definition) is 0. The third-order valence-corrected chi connectivity index (χ3v) is 7.29. The number of amidine groups is 1. The van der Waals surface area contributed by atoms with E-state index in [1.807, 2.05) is 36.4 Å². The molecule has 0 unspecified atom stereocenters. The molecule has 0 N–H and O–H groups in total. The van der Waals surface area contributed by atoms with Gasteiger partial charge in [0.05, 0.1) is 29.3 Å². The molecule has 2 aliphatic heterocycles. The molecule has 0 radical (unpaired) electrons. The van der Waals surface area contributed by atoms with Gasteiger partial charge < -0.3 is 9.64 Å². The minimum absolute atomic E-state index is 0.0330. The van der Waals surface area contributed by atoms with Crippen LogP contribution in [-0.4, -0.2) is 48.8 Å². The van der Waals surface area contributed by atoms with Crippen LogP contribution < -0.4 is 4.90 Å². The lowest BCUT2D eigenvalue weighted by Gasteiger charge is -2.41. The number of carbonyl (C=O) groups is 1. The Morgan fingerprint density at radius 1 is 1.15 bits per heavy atom. The van der Waals surface area contributed by atoms with Crippen LogP contribution in [0, 0.1) is 6.92 Å². The first-order valence-corrected chi connectivity index (χ1v) is 12.0. The predicted octanol–water partition coefficient (Wildman–Crippen LogP) is 5.88. The number of allylic oxidation sites excluding steroid dienone is 1. The summed E-state index contributed by atoms with van der Waals surface area (Å²) in [6, 6.07) is 14.2. The zero-order chi connectivity index (χ0) is 23.8. The summed E-state index contributed by atoms with van der Waals surface area (Å²) in [5.41, 5.74) is 6.67. The number of carbonyl (C=O) groups excluding carboxylic acids is 1. The van der Waals surface area contributed by atoms with E-state index in [-0.39, 0.29) is 11.4 Å². The number of benzene rings is 2. The van der Waals surface area contributed by atoms with Gasteiger partial charge in [-0.2, -0.15) is 0 Å². The highest BCUT2D eigenvalue weighted by molar-refractivity contribution is 8.18. The molecule has 1 amide bonds. The predicted molar refractivity (Wildman–Crippen MR) is 140 cm³/mol. The van der Waals surface area contributed by atoms with E-state index in [0.29, 0.717) is 23.2 Å². The topological polar surface area (TPSA) is 45.1 Å². The number of nitrogens with zero attached hydrogens (tertiary/aromatic N) is 3. The second-order valence-electron chi connectivity index (χ2n) is 9.06. The Kier molecular flexibility index (Phi) is 6.50. The van der Waals surface area contributed by atoms with E-state index >= 15 is 0 Å². The number of likely N-dealkylation sites (N-methyl/N-ethyl adjacent to an activating group) is 1. The summed E-state index contributed by atoms with van der Waals surface area (Å²) in [6.07, 6.45) is 4.30. The molecule has 2 aromatic rings. The molecule has 2 heterocycles. The summed E-state index contributed by atoms with van der Waals surface area (Å²) in [7, 11) is 3.78. The molecule has 5 nitrogen and oxygen atoms in total. The fourth-order valence-corrected chi connectivity index (χ4v) is 5.21. The van der Waals surface area contributed by atoms with Crippen molar-refractivity contribution in [1.82, 2.24) is 4.90 Å². The number of aliphatic imine (C=N–C) groups is 1. The standard InChI is InChI=1S/C27H31N3O2S/c1-18-14-23-22(19(2)17-27(3,4)29(23)5)15-20(18)16-24-25(31)30(12-13-32-6)26(33-24)28-21-10-8-7-9-11-21/h7-11,14-17H,12-13H2,1-6H3/b24-16+,28-26?. The Morgan fingerprint density at radius 2 is 1.88 bits per heavy atom. The lowest BCUT2D eigenvalue weighted by Crippen LogP contribution is -2.42. The van der Waals surface area contributed by atoms with Gasteiger partial charge in [-0.05, 0) is 86.5 Å². The number of rotatable bonds is 5. The average Bonchev–Trinajstić information content (AvgIpc) is 3.06. The van der Waals surface area contributed by atoms with Crippen LogP contribution in [0.15, 0.2) is 58.4 Å². The minimum atomic E-state index is -0.0363. The van der Waals surface area contributed by atoms with Crippen LogP contribution in [0.25, 0.3) is 11.6 Å². The molecular formula is C27H31N3O2S. The number of para-hydroxylation sites is 1. The van der Waals surface area contributed by atoms with Gasteiger partial charge in [0.1, 0.15) is 0 Å². The van der Waals surface area contributed by atoms with Crippen LogP contribution in [0.2, 0.25) is 0 Å². The summed E-state index contributed by atoms with van der Waals surface area (Å²) < 4.78 is 5.24. The van der Waals surface area contributed by atoms with Crippen molar-refractivity contribution in [2.24, 2.45) is 4.99 Å². The van der Waals surface area contributed by atoms with Crippen molar-refractivity contribution >= 4 is 45.9 Å². The third-order valence-electron chi connectivity index (χ3n) is 6.28. The molecule has 4 rings (SSSR count). The van der Waals surface area contributed by atoms with Crippen LogP contribution >= 0.6 is 11.8 Å². The van der Waals surface area contributed by atoms with E-state index in [0.717, 1.165) is 16.8 Å². The molecule has 0 bridgehead atoms. The normalized spacial score (nSPS) is 19.9. The van der Waals surface area contributed by atoms with Gasteiger partial charge >= 0.3 is 0 Å². The van der Waals surface area contributed by atoms with Crippen LogP contribution in [0.5, 0.6) is 0 Å². The first-order valence-electron chi connectivity index (χ1n) is 11.1. The Balaban J connectivity index is 1.72. The minimum Gasteiger partial charge on any atom is -0.383 e. The second-order valence-corrected chi connectivity index (χ2v) is 10.1. The van der Waals surface area contributed by atoms with E-state index in [4.69, 9.17) is 9.73 Å². The molecule has 172 valence electrons. The molecular weight excluding hydrogens is 430 g/mol. The van der Waals surface area contributed by atoms with Crippen molar-refractivity contribution in [3.63, 3.8) is 0 Å². The number of amides is 1. The molecule has 2 aliphatic rings. The molecule has 2 aromatic carbocycles. The van der Waals surface area contributed by atoms with E-state index in [1.54, 1.807) is 12.0 Å². The number of thioether (sulfide) groups is 1. The zero-order valence-electron chi connectivity index (χ0n) is 20.2. The zero-order valence-corrected chi connectivity index (χ0v) is 21.0. The number of fused-ring (bicyclic) bond motifs is 1. The molecule has 0 aliphatic carbocycles. The first-order chi connectivity index (χ1) is 15.7. The van der Waals surface area contributed by atoms with Gasteiger partial charge in [0.15, 0.2) is 5.17 Å². The molecule has 33 heavy (non-hydrogen) atoms. The van der Waals surface area contributed by atoms with Gasteiger partial charge in [0.2, 0.25) is 0 Å².